The Morgan fingerprint density at radius 1 is 1.31 bits per heavy atom. The van der Waals surface area contributed by atoms with E-state index in [-0.39, 0.29) is 0 Å². The lowest BCUT2D eigenvalue weighted by Gasteiger charge is -2.25. The quantitative estimate of drug-likeness (QED) is 0.586. The van der Waals surface area contributed by atoms with Crippen LogP contribution in [-0.2, 0) is 13.0 Å². The van der Waals surface area contributed by atoms with Gasteiger partial charge in [-0.15, -0.1) is 10.2 Å². The summed E-state index contributed by atoms with van der Waals surface area (Å²) in [6.45, 7) is 8.11. The highest BCUT2D eigenvalue weighted by molar-refractivity contribution is 5.79. The molecule has 7 nitrogen and oxygen atoms in total. The average Bonchev–Trinajstić information content (AvgIpc) is 3.13. The molecule has 2 heterocycles. The molecule has 0 radical (unpaired) electrons. The van der Waals surface area contributed by atoms with Gasteiger partial charge in [0.25, 0.3) is 0 Å². The molecule has 0 fully saturated rings. The first-order valence-corrected chi connectivity index (χ1v) is 9.42. The zero-order chi connectivity index (χ0) is 18.2. The van der Waals surface area contributed by atoms with Gasteiger partial charge in [-0.2, -0.15) is 0 Å². The zero-order valence-corrected chi connectivity index (χ0v) is 15.6. The van der Waals surface area contributed by atoms with Crippen molar-refractivity contribution in [2.45, 2.75) is 39.2 Å². The first-order valence-electron chi connectivity index (χ1n) is 9.42. The van der Waals surface area contributed by atoms with E-state index in [0.717, 1.165) is 63.2 Å². The lowest BCUT2D eigenvalue weighted by molar-refractivity contribution is 0.269. The smallest absolute Gasteiger partial charge is 0.191 e. The number of nitrogens with zero attached hydrogens (tertiary/aromatic N) is 4. The van der Waals surface area contributed by atoms with Crippen LogP contribution in [0.1, 0.15) is 37.6 Å². The second kappa shape index (κ2) is 9.22. The summed E-state index contributed by atoms with van der Waals surface area (Å²) in [6.07, 6.45) is 3.67. The van der Waals surface area contributed by atoms with Crippen LogP contribution >= 0.6 is 0 Å². The van der Waals surface area contributed by atoms with Crippen LogP contribution < -0.4 is 15.4 Å². The van der Waals surface area contributed by atoms with Crippen molar-refractivity contribution in [3.63, 3.8) is 0 Å². The van der Waals surface area contributed by atoms with E-state index in [1.165, 1.54) is 5.56 Å². The lowest BCUT2D eigenvalue weighted by Crippen LogP contribution is -2.39. The van der Waals surface area contributed by atoms with Crippen LogP contribution in [0.25, 0.3) is 0 Å². The summed E-state index contributed by atoms with van der Waals surface area (Å²) >= 11 is 0. The maximum absolute atomic E-state index is 5.74. The molecule has 0 saturated carbocycles. The first kappa shape index (κ1) is 18.2. The molecule has 1 aromatic carbocycles. The van der Waals surface area contributed by atoms with Gasteiger partial charge in [-0.25, -0.2) is 0 Å². The van der Waals surface area contributed by atoms with Crippen LogP contribution in [0.5, 0.6) is 5.75 Å². The van der Waals surface area contributed by atoms with Crippen LogP contribution in [0.15, 0.2) is 35.6 Å². The molecule has 0 bridgehead atoms. The fourth-order valence-corrected chi connectivity index (χ4v) is 3.18. The van der Waals surface area contributed by atoms with Gasteiger partial charge < -0.3 is 19.9 Å². The van der Waals surface area contributed by atoms with E-state index in [2.05, 4.69) is 51.4 Å². The van der Waals surface area contributed by atoms with Crippen molar-refractivity contribution in [3.05, 3.63) is 42.0 Å². The second-order valence-electron chi connectivity index (χ2n) is 6.31. The van der Waals surface area contributed by atoms with Crippen LogP contribution in [0.4, 0.5) is 0 Å². The molecule has 2 aromatic rings. The highest BCUT2D eigenvalue weighted by Gasteiger charge is 2.20. The van der Waals surface area contributed by atoms with Crippen molar-refractivity contribution in [1.82, 2.24) is 25.4 Å². The summed E-state index contributed by atoms with van der Waals surface area (Å²) in [5.41, 5.74) is 1.26. The molecule has 0 saturated heterocycles. The SMILES string of the molecule is CCNC(=NCC1CCOc2ccccc21)NCCn1cnnc1CC. The van der Waals surface area contributed by atoms with E-state index in [0.29, 0.717) is 5.92 Å². The predicted octanol–water partition coefficient (Wildman–Crippen LogP) is 1.96. The van der Waals surface area contributed by atoms with E-state index in [1.54, 1.807) is 6.33 Å². The molecule has 1 aliphatic rings. The van der Waals surface area contributed by atoms with E-state index in [9.17, 15) is 0 Å². The normalized spacial score (nSPS) is 16.7. The number of hydrogen-bond acceptors (Lipinski definition) is 4. The molecule has 1 aromatic heterocycles. The van der Waals surface area contributed by atoms with Crippen LogP contribution in [0.3, 0.4) is 0 Å². The Balaban J connectivity index is 1.57. The molecule has 2 N–H and O–H groups in total. The maximum Gasteiger partial charge on any atom is 0.191 e. The van der Waals surface area contributed by atoms with E-state index in [1.807, 2.05) is 12.1 Å². The van der Waals surface area contributed by atoms with Gasteiger partial charge in [0, 0.05) is 38.5 Å². The highest BCUT2D eigenvalue weighted by atomic mass is 16.5. The molecule has 0 aliphatic carbocycles. The number of hydrogen-bond donors (Lipinski definition) is 2. The first-order chi connectivity index (χ1) is 12.8. The van der Waals surface area contributed by atoms with Crippen molar-refractivity contribution in [1.29, 1.82) is 0 Å². The summed E-state index contributed by atoms with van der Waals surface area (Å²) in [7, 11) is 0. The molecule has 7 heteroatoms. The summed E-state index contributed by atoms with van der Waals surface area (Å²) in [5.74, 6) is 3.26. The molecule has 0 amide bonds. The van der Waals surface area contributed by atoms with Gasteiger partial charge in [0.15, 0.2) is 5.96 Å². The third-order valence-electron chi connectivity index (χ3n) is 4.55. The number of rotatable bonds is 7. The molecule has 140 valence electrons. The largest absolute Gasteiger partial charge is 0.493 e. The molecule has 1 unspecified atom stereocenters. The lowest BCUT2D eigenvalue weighted by atomic mass is 9.93. The Kier molecular flexibility index (Phi) is 6.46. The van der Waals surface area contributed by atoms with Gasteiger partial charge in [0.2, 0.25) is 0 Å². The van der Waals surface area contributed by atoms with Gasteiger partial charge >= 0.3 is 0 Å². The third-order valence-corrected chi connectivity index (χ3v) is 4.55. The van der Waals surface area contributed by atoms with Crippen molar-refractivity contribution < 1.29 is 4.74 Å². The average molecular weight is 356 g/mol. The number of nitrogens with one attached hydrogen (secondary N) is 2. The van der Waals surface area contributed by atoms with Crippen molar-refractivity contribution in [3.8, 4) is 5.75 Å². The minimum atomic E-state index is 0.403. The van der Waals surface area contributed by atoms with Gasteiger partial charge in [-0.05, 0) is 25.0 Å². The number of ether oxygens (including phenoxy) is 1. The van der Waals surface area contributed by atoms with E-state index < -0.39 is 0 Å². The van der Waals surface area contributed by atoms with E-state index >= 15 is 0 Å². The second-order valence-corrected chi connectivity index (χ2v) is 6.31. The van der Waals surface area contributed by atoms with Gasteiger partial charge in [0.05, 0.1) is 6.61 Å². The zero-order valence-electron chi connectivity index (χ0n) is 15.6. The molecular weight excluding hydrogens is 328 g/mol. The highest BCUT2D eigenvalue weighted by Crippen LogP contribution is 2.33. The van der Waals surface area contributed by atoms with Crippen LogP contribution in [0.2, 0.25) is 0 Å². The fourth-order valence-electron chi connectivity index (χ4n) is 3.18. The minimum Gasteiger partial charge on any atom is -0.493 e. The van der Waals surface area contributed by atoms with Gasteiger partial charge in [0.1, 0.15) is 17.9 Å². The Morgan fingerprint density at radius 2 is 2.19 bits per heavy atom. The molecule has 1 aliphatic heterocycles. The Hall–Kier alpha value is -2.57. The van der Waals surface area contributed by atoms with Crippen molar-refractivity contribution in [2.75, 3.05) is 26.2 Å². The van der Waals surface area contributed by atoms with Crippen LogP contribution in [0, 0.1) is 0 Å². The molecule has 26 heavy (non-hydrogen) atoms. The van der Waals surface area contributed by atoms with Crippen molar-refractivity contribution >= 4 is 5.96 Å². The van der Waals surface area contributed by atoms with Gasteiger partial charge in [-0.1, -0.05) is 25.1 Å². The number of benzene rings is 1. The maximum atomic E-state index is 5.74. The Morgan fingerprint density at radius 3 is 3.04 bits per heavy atom. The standard InChI is InChI=1S/C19H28N6O/c1-3-18-24-23-14-25(18)11-10-21-19(20-4-2)22-13-15-9-12-26-17-8-6-5-7-16(15)17/h5-8,14-15H,3-4,9-13H2,1-2H3,(H2,20,21,22). The number of fused-ring (bicyclic) bond motifs is 1. The number of para-hydroxylation sites is 1. The topological polar surface area (TPSA) is 76.4 Å². The molecule has 3 rings (SSSR count). The summed E-state index contributed by atoms with van der Waals surface area (Å²) < 4.78 is 7.82. The monoisotopic (exact) mass is 356 g/mol. The van der Waals surface area contributed by atoms with Gasteiger partial charge in [-0.3, -0.25) is 4.99 Å². The number of aryl methyl sites for hydroxylation is 1. The van der Waals surface area contributed by atoms with Crippen LogP contribution in [-0.4, -0.2) is 47.0 Å². The Labute approximate surface area is 154 Å². The minimum absolute atomic E-state index is 0.403. The molecular formula is C19H28N6O. The number of guanidine groups is 1. The Bertz CT molecular complexity index is 726. The fraction of sp³-hybridized carbons (Fsp3) is 0.526. The third kappa shape index (κ3) is 4.53. The van der Waals surface area contributed by atoms with Crippen molar-refractivity contribution in [2.24, 2.45) is 4.99 Å². The number of aromatic nitrogens is 3. The van der Waals surface area contributed by atoms with E-state index in [4.69, 9.17) is 9.73 Å². The summed E-state index contributed by atoms with van der Waals surface area (Å²) in [6, 6.07) is 8.27. The number of aliphatic imine (C=N–C) groups is 1. The molecule has 1 atom stereocenters. The summed E-state index contributed by atoms with van der Waals surface area (Å²) in [5, 5.41) is 14.8. The molecule has 0 spiro atoms. The predicted molar refractivity (Wildman–Crippen MR) is 103 cm³/mol. The summed E-state index contributed by atoms with van der Waals surface area (Å²) in [4.78, 5) is 4.80.